The average Bonchev–Trinajstić information content (AvgIpc) is 3.06. The van der Waals surface area contributed by atoms with Crippen LogP contribution in [-0.2, 0) is 16.1 Å². The minimum Gasteiger partial charge on any atom is -0.466 e. The topological polar surface area (TPSA) is 54.5 Å². The molecule has 7 heteroatoms. The molecule has 0 aliphatic carbocycles. The van der Waals surface area contributed by atoms with Gasteiger partial charge in [-0.05, 0) is 31.9 Å². The number of nitrogens with one attached hydrogen (secondary N) is 1. The van der Waals surface area contributed by atoms with Gasteiger partial charge in [0, 0.05) is 24.2 Å². The van der Waals surface area contributed by atoms with Gasteiger partial charge < -0.3 is 15.0 Å². The predicted molar refractivity (Wildman–Crippen MR) is 102 cm³/mol. The van der Waals surface area contributed by atoms with Crippen molar-refractivity contribution < 1.29 is 9.53 Å². The zero-order valence-corrected chi connectivity index (χ0v) is 15.8. The molecule has 1 aromatic carbocycles. The van der Waals surface area contributed by atoms with Crippen LogP contribution in [-0.4, -0.2) is 30.6 Å². The number of carbonyl (C=O) groups excluding carboxylic acids is 1. The lowest BCUT2D eigenvalue weighted by Gasteiger charge is -2.33. The molecule has 0 unspecified atom stereocenters. The largest absolute Gasteiger partial charge is 0.466 e. The zero-order chi connectivity index (χ0) is 17.6. The number of para-hydroxylation sites is 2. The van der Waals surface area contributed by atoms with Gasteiger partial charge in [0.25, 0.3) is 0 Å². The summed E-state index contributed by atoms with van der Waals surface area (Å²) >= 11 is 7.37. The Morgan fingerprint density at radius 1 is 1.40 bits per heavy atom. The van der Waals surface area contributed by atoms with Crippen molar-refractivity contribution in [3.05, 3.63) is 39.8 Å². The van der Waals surface area contributed by atoms with Crippen LogP contribution in [0.1, 0.15) is 24.6 Å². The molecule has 1 N–H and O–H groups in total. The fraction of sp³-hybridized carbons (Fsp3) is 0.444. The van der Waals surface area contributed by atoms with Crippen LogP contribution in [0.4, 0.5) is 11.4 Å². The maximum absolute atomic E-state index is 11.9. The Morgan fingerprint density at radius 2 is 2.16 bits per heavy atom. The lowest BCUT2D eigenvalue weighted by molar-refractivity contribution is -0.148. The van der Waals surface area contributed by atoms with Crippen LogP contribution in [0.25, 0.3) is 0 Å². The van der Waals surface area contributed by atoms with E-state index in [-0.39, 0.29) is 11.9 Å². The van der Waals surface area contributed by atoms with E-state index >= 15 is 0 Å². The van der Waals surface area contributed by atoms with Crippen molar-refractivity contribution >= 4 is 40.3 Å². The third-order valence-electron chi connectivity index (χ3n) is 4.34. The standard InChI is InChI=1S/C18H22ClN3O2S/c1-2-24-17(23)13-7-9-22(10-8-13)16-6-4-3-5-15(16)20-11-14-12-21-18(19)25-14/h3-6,12-13,20H,2,7-11H2,1H3. The second kappa shape index (κ2) is 8.54. The van der Waals surface area contributed by atoms with Crippen LogP contribution in [0.2, 0.25) is 4.47 Å². The Kier molecular flexibility index (Phi) is 6.15. The average molecular weight is 380 g/mol. The maximum atomic E-state index is 11.9. The van der Waals surface area contributed by atoms with E-state index in [1.54, 1.807) is 6.20 Å². The molecule has 1 aliphatic rings. The number of aromatic nitrogens is 1. The van der Waals surface area contributed by atoms with E-state index in [4.69, 9.17) is 16.3 Å². The van der Waals surface area contributed by atoms with E-state index in [2.05, 4.69) is 27.3 Å². The van der Waals surface area contributed by atoms with E-state index in [1.165, 1.54) is 17.0 Å². The summed E-state index contributed by atoms with van der Waals surface area (Å²) in [6.07, 6.45) is 3.46. The molecule has 2 aromatic rings. The molecule has 0 radical (unpaired) electrons. The van der Waals surface area contributed by atoms with Crippen molar-refractivity contribution in [1.82, 2.24) is 4.98 Å². The zero-order valence-electron chi connectivity index (χ0n) is 14.2. The number of hydrogen-bond donors (Lipinski definition) is 1. The van der Waals surface area contributed by atoms with Crippen molar-refractivity contribution in [3.63, 3.8) is 0 Å². The first-order chi connectivity index (χ1) is 12.2. The smallest absolute Gasteiger partial charge is 0.309 e. The Labute approximate surface area is 157 Å². The molecule has 0 spiro atoms. The highest BCUT2D eigenvalue weighted by atomic mass is 35.5. The summed E-state index contributed by atoms with van der Waals surface area (Å²) in [4.78, 5) is 19.4. The summed E-state index contributed by atoms with van der Waals surface area (Å²) in [6.45, 7) is 4.71. The van der Waals surface area contributed by atoms with Gasteiger partial charge in [-0.15, -0.1) is 11.3 Å². The number of nitrogens with zero attached hydrogens (tertiary/aromatic N) is 2. The molecule has 0 saturated carbocycles. The highest BCUT2D eigenvalue weighted by molar-refractivity contribution is 7.15. The molecule has 134 valence electrons. The van der Waals surface area contributed by atoms with Crippen molar-refractivity contribution in [3.8, 4) is 0 Å². The number of halogens is 1. The summed E-state index contributed by atoms with van der Waals surface area (Å²) in [5.74, 6) is -0.0358. The van der Waals surface area contributed by atoms with Gasteiger partial charge in [0.1, 0.15) is 0 Å². The number of benzene rings is 1. The maximum Gasteiger partial charge on any atom is 0.309 e. The van der Waals surface area contributed by atoms with Gasteiger partial charge in [-0.3, -0.25) is 4.79 Å². The van der Waals surface area contributed by atoms with Gasteiger partial charge in [0.15, 0.2) is 4.47 Å². The van der Waals surface area contributed by atoms with Gasteiger partial charge in [0.2, 0.25) is 0 Å². The highest BCUT2D eigenvalue weighted by Crippen LogP contribution is 2.31. The number of hydrogen-bond acceptors (Lipinski definition) is 6. The highest BCUT2D eigenvalue weighted by Gasteiger charge is 2.26. The first kappa shape index (κ1) is 18.0. The molecule has 0 amide bonds. The Morgan fingerprint density at radius 3 is 2.84 bits per heavy atom. The fourth-order valence-corrected chi connectivity index (χ4v) is 3.98. The number of ether oxygens (including phenoxy) is 1. The Balaban J connectivity index is 1.62. The van der Waals surface area contributed by atoms with Crippen LogP contribution in [0.3, 0.4) is 0 Å². The molecule has 1 fully saturated rings. The van der Waals surface area contributed by atoms with Crippen molar-refractivity contribution in [2.45, 2.75) is 26.3 Å². The van der Waals surface area contributed by atoms with Gasteiger partial charge in [-0.25, -0.2) is 4.98 Å². The molecule has 25 heavy (non-hydrogen) atoms. The summed E-state index contributed by atoms with van der Waals surface area (Å²) in [6, 6.07) is 8.26. The Hall–Kier alpha value is -1.79. The monoisotopic (exact) mass is 379 g/mol. The van der Waals surface area contributed by atoms with Gasteiger partial charge in [-0.2, -0.15) is 0 Å². The van der Waals surface area contributed by atoms with E-state index in [9.17, 15) is 4.79 Å². The number of piperidine rings is 1. The van der Waals surface area contributed by atoms with Crippen LogP contribution in [0.15, 0.2) is 30.5 Å². The van der Waals surface area contributed by atoms with Crippen LogP contribution < -0.4 is 10.2 Å². The predicted octanol–water partition coefficient (Wildman–Crippen LogP) is 4.19. The molecule has 3 rings (SSSR count). The van der Waals surface area contributed by atoms with Crippen LogP contribution >= 0.6 is 22.9 Å². The normalized spacial score (nSPS) is 15.2. The van der Waals surface area contributed by atoms with Gasteiger partial charge in [0.05, 0.1) is 30.4 Å². The summed E-state index contributed by atoms with van der Waals surface area (Å²) in [5.41, 5.74) is 2.25. The first-order valence-electron chi connectivity index (χ1n) is 8.52. The van der Waals surface area contributed by atoms with E-state index in [1.807, 2.05) is 19.1 Å². The lowest BCUT2D eigenvalue weighted by atomic mass is 9.96. The lowest BCUT2D eigenvalue weighted by Crippen LogP contribution is -2.37. The van der Waals surface area contributed by atoms with E-state index in [0.717, 1.165) is 36.5 Å². The second-order valence-corrected chi connectivity index (χ2v) is 7.66. The van der Waals surface area contributed by atoms with E-state index in [0.29, 0.717) is 17.6 Å². The fourth-order valence-electron chi connectivity index (χ4n) is 3.06. The third-order valence-corrected chi connectivity index (χ3v) is 5.45. The molecule has 5 nitrogen and oxygen atoms in total. The SMILES string of the molecule is CCOC(=O)C1CCN(c2ccccc2NCc2cnc(Cl)s2)CC1. The molecule has 1 aliphatic heterocycles. The van der Waals surface area contributed by atoms with Crippen LogP contribution in [0.5, 0.6) is 0 Å². The summed E-state index contributed by atoms with van der Waals surface area (Å²) in [7, 11) is 0. The summed E-state index contributed by atoms with van der Waals surface area (Å²) < 4.78 is 5.71. The van der Waals surface area contributed by atoms with Gasteiger partial charge in [-0.1, -0.05) is 23.7 Å². The number of anilines is 2. The molecule has 1 saturated heterocycles. The van der Waals surface area contributed by atoms with Gasteiger partial charge >= 0.3 is 5.97 Å². The minimum atomic E-state index is -0.0596. The first-order valence-corrected chi connectivity index (χ1v) is 9.71. The van der Waals surface area contributed by atoms with Crippen molar-refractivity contribution in [1.29, 1.82) is 0 Å². The van der Waals surface area contributed by atoms with Crippen LogP contribution in [0, 0.1) is 5.92 Å². The molecule has 0 atom stereocenters. The second-order valence-electron chi connectivity index (χ2n) is 5.96. The molecular formula is C18H22ClN3O2S. The third kappa shape index (κ3) is 4.64. The quantitative estimate of drug-likeness (QED) is 0.763. The number of rotatable bonds is 6. The van der Waals surface area contributed by atoms with Crippen molar-refractivity contribution in [2.75, 3.05) is 29.9 Å². The summed E-state index contributed by atoms with van der Waals surface area (Å²) in [5, 5.41) is 3.47. The molecule has 2 heterocycles. The van der Waals surface area contributed by atoms with Crippen molar-refractivity contribution in [2.24, 2.45) is 5.92 Å². The Bertz CT molecular complexity index is 714. The number of carbonyl (C=O) groups is 1. The molecule has 0 bridgehead atoms. The molecular weight excluding hydrogens is 358 g/mol. The van der Waals surface area contributed by atoms with E-state index < -0.39 is 0 Å². The molecule has 1 aromatic heterocycles. The number of esters is 1. The minimum absolute atomic E-state index is 0.0238. The number of thiazole rings is 1.